The lowest BCUT2D eigenvalue weighted by atomic mass is 10.4. The minimum Gasteiger partial charge on any atom is -0.302 e. The summed E-state index contributed by atoms with van der Waals surface area (Å²) >= 11 is 0. The van der Waals surface area contributed by atoms with Gasteiger partial charge >= 0.3 is 0 Å². The number of nitriles is 1. The van der Waals surface area contributed by atoms with E-state index in [0.717, 1.165) is 19.5 Å². The number of hydrogen-bond acceptors (Lipinski definition) is 4. The molecular formula is C11H23N3O2S. The first-order chi connectivity index (χ1) is 8.01. The predicted molar refractivity (Wildman–Crippen MR) is 69.0 cm³/mol. The van der Waals surface area contributed by atoms with Gasteiger partial charge in [-0.15, -0.1) is 0 Å². The highest BCUT2D eigenvalue weighted by Gasteiger charge is 2.22. The molecule has 0 saturated heterocycles. The van der Waals surface area contributed by atoms with Crippen LogP contribution in [0.2, 0.25) is 0 Å². The lowest BCUT2D eigenvalue weighted by molar-refractivity contribution is 0.293. The van der Waals surface area contributed by atoms with E-state index in [1.165, 1.54) is 0 Å². The molecule has 0 fully saturated rings. The molecule has 5 nitrogen and oxygen atoms in total. The van der Waals surface area contributed by atoms with Crippen LogP contribution in [0.5, 0.6) is 0 Å². The molecule has 17 heavy (non-hydrogen) atoms. The number of nitrogens with zero attached hydrogens (tertiary/aromatic N) is 2. The molecule has 6 heteroatoms. The predicted octanol–water partition coefficient (Wildman–Crippen LogP) is 0.940. The molecule has 0 aliphatic carbocycles. The van der Waals surface area contributed by atoms with Gasteiger partial charge in [0.1, 0.15) is 0 Å². The Morgan fingerprint density at radius 1 is 1.29 bits per heavy atom. The standard InChI is InChI=1S/C11H23N3O2S/c1-4-8-14(6-3)9-7-13-17(15,16)11(5-2)10-12/h11,13H,4-9H2,1-3H3. The van der Waals surface area contributed by atoms with E-state index in [9.17, 15) is 8.42 Å². The fourth-order valence-electron chi connectivity index (χ4n) is 1.57. The zero-order valence-corrected chi connectivity index (χ0v) is 11.8. The van der Waals surface area contributed by atoms with E-state index in [0.29, 0.717) is 19.5 Å². The van der Waals surface area contributed by atoms with E-state index >= 15 is 0 Å². The summed E-state index contributed by atoms with van der Waals surface area (Å²) < 4.78 is 25.8. The highest BCUT2D eigenvalue weighted by atomic mass is 32.2. The third-order valence-electron chi connectivity index (χ3n) is 2.61. The van der Waals surface area contributed by atoms with Crippen LogP contribution in [0.25, 0.3) is 0 Å². The van der Waals surface area contributed by atoms with Gasteiger partial charge in [-0.3, -0.25) is 0 Å². The molecule has 0 aliphatic heterocycles. The van der Waals surface area contributed by atoms with Crippen molar-refractivity contribution in [1.29, 1.82) is 5.26 Å². The largest absolute Gasteiger partial charge is 0.302 e. The van der Waals surface area contributed by atoms with E-state index in [1.54, 1.807) is 13.0 Å². The molecule has 0 aliphatic rings. The van der Waals surface area contributed by atoms with E-state index in [-0.39, 0.29) is 0 Å². The number of hydrogen-bond donors (Lipinski definition) is 1. The van der Waals surface area contributed by atoms with Gasteiger partial charge in [0.25, 0.3) is 0 Å². The van der Waals surface area contributed by atoms with Crippen LogP contribution in [-0.2, 0) is 10.0 Å². The normalized spacial score (nSPS) is 13.6. The van der Waals surface area contributed by atoms with Crippen molar-refractivity contribution in [3.05, 3.63) is 0 Å². The molecule has 1 unspecified atom stereocenters. The Morgan fingerprint density at radius 2 is 1.94 bits per heavy atom. The molecule has 0 aromatic rings. The van der Waals surface area contributed by atoms with Crippen LogP contribution < -0.4 is 4.72 Å². The van der Waals surface area contributed by atoms with Crippen LogP contribution >= 0.6 is 0 Å². The highest BCUT2D eigenvalue weighted by molar-refractivity contribution is 7.90. The Kier molecular flexibility index (Phi) is 8.13. The second kappa shape index (κ2) is 8.45. The second-order valence-electron chi connectivity index (χ2n) is 3.90. The van der Waals surface area contributed by atoms with Crippen molar-refractivity contribution in [2.24, 2.45) is 0 Å². The first-order valence-electron chi connectivity index (χ1n) is 6.12. The smallest absolute Gasteiger partial charge is 0.228 e. The molecule has 0 rings (SSSR count). The monoisotopic (exact) mass is 261 g/mol. The molecule has 0 bridgehead atoms. The molecule has 0 aromatic carbocycles. The number of nitrogens with one attached hydrogen (secondary N) is 1. The fourth-order valence-corrected chi connectivity index (χ4v) is 2.73. The summed E-state index contributed by atoms with van der Waals surface area (Å²) in [5.41, 5.74) is 0. The summed E-state index contributed by atoms with van der Waals surface area (Å²) in [5.74, 6) is 0. The van der Waals surface area contributed by atoms with E-state index in [1.807, 2.05) is 6.92 Å². The van der Waals surface area contributed by atoms with Crippen molar-refractivity contribution in [3.8, 4) is 6.07 Å². The van der Waals surface area contributed by atoms with Gasteiger partial charge in [-0.05, 0) is 25.9 Å². The van der Waals surface area contributed by atoms with Gasteiger partial charge in [0, 0.05) is 13.1 Å². The lowest BCUT2D eigenvalue weighted by Crippen LogP contribution is -2.39. The second-order valence-corrected chi connectivity index (χ2v) is 5.85. The minimum atomic E-state index is -3.48. The van der Waals surface area contributed by atoms with Crippen LogP contribution in [0.15, 0.2) is 0 Å². The van der Waals surface area contributed by atoms with Gasteiger partial charge < -0.3 is 4.90 Å². The van der Waals surface area contributed by atoms with Crippen molar-refractivity contribution in [2.75, 3.05) is 26.2 Å². The first kappa shape index (κ1) is 16.4. The van der Waals surface area contributed by atoms with Crippen LogP contribution in [-0.4, -0.2) is 44.7 Å². The maximum absolute atomic E-state index is 11.7. The van der Waals surface area contributed by atoms with Gasteiger partial charge in [0.05, 0.1) is 6.07 Å². The molecule has 0 heterocycles. The van der Waals surface area contributed by atoms with Crippen molar-refractivity contribution in [2.45, 2.75) is 38.9 Å². The Hall–Kier alpha value is -0.640. The molecule has 100 valence electrons. The molecule has 0 saturated carbocycles. The summed E-state index contributed by atoms with van der Waals surface area (Å²) in [6.07, 6.45) is 1.37. The minimum absolute atomic E-state index is 0.318. The average molecular weight is 261 g/mol. The quantitative estimate of drug-likeness (QED) is 0.670. The average Bonchev–Trinajstić information content (AvgIpc) is 2.29. The Balaban J connectivity index is 4.15. The van der Waals surface area contributed by atoms with Gasteiger partial charge in [-0.2, -0.15) is 5.26 Å². The summed E-state index contributed by atoms with van der Waals surface area (Å²) in [7, 11) is -3.48. The molecular weight excluding hydrogens is 238 g/mol. The van der Waals surface area contributed by atoms with Crippen LogP contribution in [0, 0.1) is 11.3 Å². The third-order valence-corrected chi connectivity index (χ3v) is 4.40. The van der Waals surface area contributed by atoms with Gasteiger partial charge in [-0.25, -0.2) is 13.1 Å². The molecule has 0 aromatic heterocycles. The third kappa shape index (κ3) is 6.01. The van der Waals surface area contributed by atoms with E-state index < -0.39 is 15.3 Å². The van der Waals surface area contributed by atoms with Gasteiger partial charge in [0.15, 0.2) is 5.25 Å². The number of sulfonamides is 1. The number of rotatable bonds is 9. The summed E-state index contributed by atoms with van der Waals surface area (Å²) in [6.45, 7) is 8.77. The first-order valence-corrected chi connectivity index (χ1v) is 7.66. The molecule has 0 spiro atoms. The molecule has 0 radical (unpaired) electrons. The number of likely N-dealkylation sites (N-methyl/N-ethyl adjacent to an activating group) is 1. The van der Waals surface area contributed by atoms with Crippen LogP contribution in [0.1, 0.15) is 33.6 Å². The summed E-state index contributed by atoms with van der Waals surface area (Å²) in [5, 5.41) is 7.78. The Labute approximate surface area is 105 Å². The molecule has 1 N–H and O–H groups in total. The topological polar surface area (TPSA) is 73.2 Å². The SMILES string of the molecule is CCCN(CC)CCNS(=O)(=O)C(C#N)CC. The summed E-state index contributed by atoms with van der Waals surface area (Å²) in [4.78, 5) is 2.18. The van der Waals surface area contributed by atoms with Crippen molar-refractivity contribution < 1.29 is 8.42 Å². The van der Waals surface area contributed by atoms with Crippen molar-refractivity contribution in [3.63, 3.8) is 0 Å². The van der Waals surface area contributed by atoms with Crippen molar-refractivity contribution in [1.82, 2.24) is 9.62 Å². The van der Waals surface area contributed by atoms with E-state index in [4.69, 9.17) is 5.26 Å². The highest BCUT2D eigenvalue weighted by Crippen LogP contribution is 2.02. The Morgan fingerprint density at radius 3 is 2.35 bits per heavy atom. The van der Waals surface area contributed by atoms with E-state index in [2.05, 4.69) is 16.5 Å². The maximum atomic E-state index is 11.7. The summed E-state index contributed by atoms with van der Waals surface area (Å²) in [6, 6.07) is 1.81. The molecule has 0 amide bonds. The fraction of sp³-hybridized carbons (Fsp3) is 0.909. The lowest BCUT2D eigenvalue weighted by Gasteiger charge is -2.20. The van der Waals surface area contributed by atoms with Crippen molar-refractivity contribution >= 4 is 10.0 Å². The zero-order chi connectivity index (χ0) is 13.3. The van der Waals surface area contributed by atoms with Gasteiger partial charge in [0.2, 0.25) is 10.0 Å². The van der Waals surface area contributed by atoms with Crippen LogP contribution in [0.4, 0.5) is 0 Å². The Bertz CT molecular complexity index is 335. The maximum Gasteiger partial charge on any atom is 0.228 e. The van der Waals surface area contributed by atoms with Crippen LogP contribution in [0.3, 0.4) is 0 Å². The van der Waals surface area contributed by atoms with Gasteiger partial charge in [-0.1, -0.05) is 20.8 Å². The zero-order valence-electron chi connectivity index (χ0n) is 10.9. The molecule has 1 atom stereocenters.